The highest BCUT2D eigenvalue weighted by atomic mass is 16.1. The summed E-state index contributed by atoms with van der Waals surface area (Å²) in [6, 6.07) is 6.76. The van der Waals surface area contributed by atoms with Crippen LogP contribution in [0.1, 0.15) is 21.7 Å². The van der Waals surface area contributed by atoms with Gasteiger partial charge in [0.2, 0.25) is 0 Å². The number of aryl methyl sites for hydroxylation is 1. The van der Waals surface area contributed by atoms with Crippen molar-refractivity contribution in [1.82, 2.24) is 15.3 Å². The van der Waals surface area contributed by atoms with Gasteiger partial charge in [0, 0.05) is 17.4 Å². The van der Waals surface area contributed by atoms with E-state index in [-0.39, 0.29) is 5.91 Å². The molecule has 3 N–H and O–H groups in total. The number of rotatable bonds is 3. The number of carbonyl (C=O) groups excluding carboxylic acids is 1. The van der Waals surface area contributed by atoms with E-state index in [1.807, 2.05) is 6.92 Å². The van der Waals surface area contributed by atoms with Gasteiger partial charge in [-0.3, -0.25) is 14.8 Å². The van der Waals surface area contributed by atoms with Gasteiger partial charge in [-0.15, -0.1) is 0 Å². The molecule has 0 saturated heterocycles. The number of nitrogens with one attached hydrogen (secondary N) is 1. The molecular formula is C13H14N4O. The van der Waals surface area contributed by atoms with Crippen LogP contribution in [0.5, 0.6) is 0 Å². The third-order valence-electron chi connectivity index (χ3n) is 2.44. The molecule has 0 spiro atoms. The summed E-state index contributed by atoms with van der Waals surface area (Å²) < 4.78 is 0. The SMILES string of the molecule is Cc1cnc(CNC(=O)c2ccc(N)cc2)cn1. The zero-order valence-corrected chi connectivity index (χ0v) is 10.1. The van der Waals surface area contributed by atoms with E-state index >= 15 is 0 Å². The van der Waals surface area contributed by atoms with Crippen LogP contribution in [-0.4, -0.2) is 15.9 Å². The molecule has 0 saturated carbocycles. The second-order valence-electron chi connectivity index (χ2n) is 3.95. The van der Waals surface area contributed by atoms with Crippen molar-refractivity contribution in [3.63, 3.8) is 0 Å². The number of nitrogens with two attached hydrogens (primary N) is 1. The third kappa shape index (κ3) is 3.04. The van der Waals surface area contributed by atoms with Crippen LogP contribution in [-0.2, 0) is 6.54 Å². The number of hydrogen-bond acceptors (Lipinski definition) is 4. The number of benzene rings is 1. The fourth-order valence-electron chi connectivity index (χ4n) is 1.42. The highest BCUT2D eigenvalue weighted by molar-refractivity contribution is 5.94. The molecule has 1 aromatic carbocycles. The predicted octanol–water partition coefficient (Wildman–Crippen LogP) is 1.30. The second-order valence-corrected chi connectivity index (χ2v) is 3.95. The fourth-order valence-corrected chi connectivity index (χ4v) is 1.42. The van der Waals surface area contributed by atoms with E-state index < -0.39 is 0 Å². The van der Waals surface area contributed by atoms with E-state index in [0.717, 1.165) is 11.4 Å². The third-order valence-corrected chi connectivity index (χ3v) is 2.44. The van der Waals surface area contributed by atoms with Crippen molar-refractivity contribution in [2.45, 2.75) is 13.5 Å². The molecule has 92 valence electrons. The number of amides is 1. The van der Waals surface area contributed by atoms with Crippen molar-refractivity contribution in [3.8, 4) is 0 Å². The largest absolute Gasteiger partial charge is 0.399 e. The molecule has 0 fully saturated rings. The van der Waals surface area contributed by atoms with Crippen LogP contribution in [0.4, 0.5) is 5.69 Å². The monoisotopic (exact) mass is 242 g/mol. The van der Waals surface area contributed by atoms with Crippen LogP contribution in [0.15, 0.2) is 36.7 Å². The van der Waals surface area contributed by atoms with Gasteiger partial charge in [0.05, 0.1) is 24.1 Å². The zero-order chi connectivity index (χ0) is 13.0. The van der Waals surface area contributed by atoms with Gasteiger partial charge in [0.1, 0.15) is 0 Å². The Bertz CT molecular complexity index is 534. The number of anilines is 1. The van der Waals surface area contributed by atoms with Gasteiger partial charge in [0.15, 0.2) is 0 Å². The topological polar surface area (TPSA) is 80.9 Å². The smallest absolute Gasteiger partial charge is 0.251 e. The Morgan fingerprint density at radius 2 is 1.94 bits per heavy atom. The Balaban J connectivity index is 1.96. The van der Waals surface area contributed by atoms with Crippen molar-refractivity contribution in [3.05, 3.63) is 53.6 Å². The summed E-state index contributed by atoms with van der Waals surface area (Å²) in [5.41, 5.74) is 8.34. The lowest BCUT2D eigenvalue weighted by Crippen LogP contribution is -2.23. The highest BCUT2D eigenvalue weighted by Gasteiger charge is 2.05. The molecule has 0 unspecified atom stereocenters. The molecule has 0 aliphatic rings. The molecule has 2 rings (SSSR count). The Morgan fingerprint density at radius 3 is 2.56 bits per heavy atom. The van der Waals surface area contributed by atoms with Crippen molar-refractivity contribution in [2.24, 2.45) is 0 Å². The lowest BCUT2D eigenvalue weighted by Gasteiger charge is -2.05. The maximum absolute atomic E-state index is 11.8. The standard InChI is InChI=1S/C13H14N4O/c1-9-6-16-12(7-15-9)8-17-13(18)10-2-4-11(14)5-3-10/h2-7H,8,14H2,1H3,(H,17,18). The first kappa shape index (κ1) is 12.0. The van der Waals surface area contributed by atoms with E-state index in [9.17, 15) is 4.79 Å². The minimum absolute atomic E-state index is 0.155. The van der Waals surface area contributed by atoms with Crippen LogP contribution >= 0.6 is 0 Å². The first-order chi connectivity index (χ1) is 8.65. The molecule has 5 heteroatoms. The van der Waals surface area contributed by atoms with Gasteiger partial charge in [-0.05, 0) is 31.2 Å². The molecule has 0 aliphatic heterocycles. The van der Waals surface area contributed by atoms with Crippen LogP contribution < -0.4 is 11.1 Å². The number of nitrogens with zero attached hydrogens (tertiary/aromatic N) is 2. The van der Waals surface area contributed by atoms with Crippen molar-refractivity contribution >= 4 is 11.6 Å². The normalized spacial score (nSPS) is 10.1. The summed E-state index contributed by atoms with van der Waals surface area (Å²) in [6.45, 7) is 2.22. The maximum Gasteiger partial charge on any atom is 0.251 e. The van der Waals surface area contributed by atoms with Crippen molar-refractivity contribution in [2.75, 3.05) is 5.73 Å². The first-order valence-corrected chi connectivity index (χ1v) is 5.56. The minimum Gasteiger partial charge on any atom is -0.399 e. The van der Waals surface area contributed by atoms with Gasteiger partial charge < -0.3 is 11.1 Å². The summed E-state index contributed by atoms with van der Waals surface area (Å²) in [6.07, 6.45) is 3.32. The predicted molar refractivity (Wildman–Crippen MR) is 68.8 cm³/mol. The Kier molecular flexibility index (Phi) is 3.52. The molecule has 1 amide bonds. The quantitative estimate of drug-likeness (QED) is 0.795. The molecule has 0 atom stereocenters. The Labute approximate surface area is 105 Å². The Hall–Kier alpha value is -2.43. The number of nitrogen functional groups attached to an aromatic ring is 1. The maximum atomic E-state index is 11.8. The van der Waals surface area contributed by atoms with Crippen molar-refractivity contribution < 1.29 is 4.79 Å². The van der Waals surface area contributed by atoms with Gasteiger partial charge >= 0.3 is 0 Å². The van der Waals surface area contributed by atoms with Crippen LogP contribution in [0.3, 0.4) is 0 Å². The molecule has 1 aromatic heterocycles. The zero-order valence-electron chi connectivity index (χ0n) is 10.1. The van der Waals surface area contributed by atoms with E-state index in [1.54, 1.807) is 36.7 Å². The number of hydrogen-bond donors (Lipinski definition) is 2. The van der Waals surface area contributed by atoms with E-state index in [0.29, 0.717) is 17.8 Å². The molecule has 0 bridgehead atoms. The molecule has 5 nitrogen and oxygen atoms in total. The van der Waals surface area contributed by atoms with Crippen LogP contribution in [0.2, 0.25) is 0 Å². The minimum atomic E-state index is -0.155. The molecule has 0 aliphatic carbocycles. The Morgan fingerprint density at radius 1 is 1.22 bits per heavy atom. The molecule has 0 radical (unpaired) electrons. The van der Waals surface area contributed by atoms with Gasteiger partial charge in [-0.1, -0.05) is 0 Å². The molecule has 1 heterocycles. The first-order valence-electron chi connectivity index (χ1n) is 5.56. The molecular weight excluding hydrogens is 228 g/mol. The molecule has 2 aromatic rings. The summed E-state index contributed by atoms with van der Waals surface area (Å²) in [5.74, 6) is -0.155. The lowest BCUT2D eigenvalue weighted by atomic mass is 10.2. The lowest BCUT2D eigenvalue weighted by molar-refractivity contribution is 0.0950. The summed E-state index contributed by atoms with van der Waals surface area (Å²) in [5, 5.41) is 2.77. The van der Waals surface area contributed by atoms with E-state index in [4.69, 9.17) is 5.73 Å². The van der Waals surface area contributed by atoms with Gasteiger partial charge in [-0.2, -0.15) is 0 Å². The van der Waals surface area contributed by atoms with Crippen LogP contribution in [0.25, 0.3) is 0 Å². The summed E-state index contributed by atoms with van der Waals surface area (Å²) >= 11 is 0. The number of carbonyl (C=O) groups is 1. The van der Waals surface area contributed by atoms with E-state index in [2.05, 4.69) is 15.3 Å². The van der Waals surface area contributed by atoms with E-state index in [1.165, 1.54) is 0 Å². The number of aromatic nitrogens is 2. The van der Waals surface area contributed by atoms with Crippen molar-refractivity contribution in [1.29, 1.82) is 0 Å². The highest BCUT2D eigenvalue weighted by Crippen LogP contribution is 2.05. The van der Waals surface area contributed by atoms with Gasteiger partial charge in [0.25, 0.3) is 5.91 Å². The summed E-state index contributed by atoms with van der Waals surface area (Å²) in [4.78, 5) is 20.1. The average molecular weight is 242 g/mol. The summed E-state index contributed by atoms with van der Waals surface area (Å²) in [7, 11) is 0. The second kappa shape index (κ2) is 5.27. The molecule has 18 heavy (non-hydrogen) atoms. The van der Waals surface area contributed by atoms with Gasteiger partial charge in [-0.25, -0.2) is 0 Å². The fraction of sp³-hybridized carbons (Fsp3) is 0.154. The van der Waals surface area contributed by atoms with Crippen LogP contribution in [0, 0.1) is 6.92 Å². The average Bonchev–Trinajstić information content (AvgIpc) is 2.38.